The van der Waals surface area contributed by atoms with E-state index in [2.05, 4.69) is 20.6 Å². The average Bonchev–Trinajstić information content (AvgIpc) is 3.14. The molecule has 0 fully saturated rings. The zero-order valence-electron chi connectivity index (χ0n) is 15.0. The number of benzene rings is 2. The number of hydrogen-bond acceptors (Lipinski definition) is 5. The minimum absolute atomic E-state index is 0.223. The molecule has 9 heteroatoms. The van der Waals surface area contributed by atoms with Gasteiger partial charge >= 0.3 is 0 Å². The normalized spacial score (nSPS) is 10.8. The molecule has 1 amide bonds. The van der Waals surface area contributed by atoms with Gasteiger partial charge in [-0.2, -0.15) is 4.52 Å². The summed E-state index contributed by atoms with van der Waals surface area (Å²) in [7, 11) is 0. The van der Waals surface area contributed by atoms with E-state index in [1.807, 2.05) is 18.2 Å². The van der Waals surface area contributed by atoms with Crippen molar-refractivity contribution in [3.63, 3.8) is 0 Å². The fraction of sp³-hybridized carbons (Fsp3) is 0.100. The Balaban J connectivity index is 1.42. The van der Waals surface area contributed by atoms with Crippen LogP contribution in [0.1, 0.15) is 10.4 Å². The zero-order valence-corrected chi connectivity index (χ0v) is 16.6. The van der Waals surface area contributed by atoms with Gasteiger partial charge in [0.15, 0.2) is 11.5 Å². The largest absolute Gasteiger partial charge is 0.475 e. The van der Waals surface area contributed by atoms with Crippen LogP contribution in [0.5, 0.6) is 5.88 Å². The lowest BCUT2D eigenvalue weighted by molar-refractivity contribution is 0.0946. The lowest BCUT2D eigenvalue weighted by atomic mass is 10.2. The molecule has 4 rings (SSSR count). The van der Waals surface area contributed by atoms with Crippen LogP contribution in [0.15, 0.2) is 60.7 Å². The van der Waals surface area contributed by atoms with Crippen LogP contribution in [-0.2, 0) is 0 Å². The number of carbonyl (C=O) groups excluding carboxylic acids is 1. The second kappa shape index (κ2) is 8.46. The molecular weight excluding hydrogens is 413 g/mol. The van der Waals surface area contributed by atoms with Gasteiger partial charge in [-0.3, -0.25) is 4.79 Å². The van der Waals surface area contributed by atoms with Crippen molar-refractivity contribution in [2.24, 2.45) is 0 Å². The highest BCUT2D eigenvalue weighted by Crippen LogP contribution is 2.26. The lowest BCUT2D eigenvalue weighted by Crippen LogP contribution is -2.28. The summed E-state index contributed by atoms with van der Waals surface area (Å²) in [5, 5.41) is 16.5. The van der Waals surface area contributed by atoms with Gasteiger partial charge in [0.2, 0.25) is 5.88 Å². The molecule has 146 valence electrons. The average molecular weight is 428 g/mol. The topological polar surface area (TPSA) is 81.4 Å². The molecular formula is C20H15Cl2N5O2. The van der Waals surface area contributed by atoms with Crippen molar-refractivity contribution in [1.82, 2.24) is 25.1 Å². The van der Waals surface area contributed by atoms with Gasteiger partial charge in [-0.05, 0) is 36.4 Å². The maximum Gasteiger partial charge on any atom is 0.251 e. The van der Waals surface area contributed by atoms with Gasteiger partial charge in [-0.25, -0.2) is 0 Å². The van der Waals surface area contributed by atoms with Gasteiger partial charge in [0.25, 0.3) is 5.91 Å². The second-order valence-corrected chi connectivity index (χ2v) is 6.90. The van der Waals surface area contributed by atoms with Gasteiger partial charge in [0, 0.05) is 22.2 Å². The standard InChI is InChI=1S/C20H15Cl2N5O2/c21-14-5-3-4-13(12-14)20(28)23-10-11-29-18-9-8-17-24-25-19(27(17)26-18)15-6-1-2-7-16(15)22/h1-9,12H,10-11H2,(H,23,28). The van der Waals surface area contributed by atoms with E-state index in [1.165, 1.54) is 0 Å². The van der Waals surface area contributed by atoms with Crippen LogP contribution >= 0.6 is 23.2 Å². The van der Waals surface area contributed by atoms with Crippen molar-refractivity contribution in [3.8, 4) is 17.3 Å². The number of ether oxygens (including phenoxy) is 1. The number of nitrogens with zero attached hydrogens (tertiary/aromatic N) is 4. The van der Waals surface area contributed by atoms with Crippen molar-refractivity contribution < 1.29 is 9.53 Å². The fourth-order valence-electron chi connectivity index (χ4n) is 2.71. The number of hydrogen-bond donors (Lipinski definition) is 1. The summed E-state index contributed by atoms with van der Waals surface area (Å²) in [5.74, 6) is 0.673. The molecule has 2 aromatic carbocycles. The first-order valence-corrected chi connectivity index (χ1v) is 9.51. The molecule has 0 atom stereocenters. The summed E-state index contributed by atoms with van der Waals surface area (Å²) in [6.45, 7) is 0.555. The molecule has 4 aromatic rings. The first kappa shape index (κ1) is 19.2. The Labute approximate surface area is 176 Å². The maximum absolute atomic E-state index is 12.1. The molecule has 0 aliphatic heterocycles. The molecule has 0 aliphatic rings. The van der Waals surface area contributed by atoms with Gasteiger partial charge in [0.05, 0.1) is 11.6 Å². The van der Waals surface area contributed by atoms with E-state index in [4.69, 9.17) is 27.9 Å². The highest BCUT2D eigenvalue weighted by molar-refractivity contribution is 6.33. The molecule has 0 saturated heterocycles. The van der Waals surface area contributed by atoms with E-state index in [0.717, 1.165) is 5.56 Å². The van der Waals surface area contributed by atoms with Crippen LogP contribution in [0, 0.1) is 0 Å². The second-order valence-electron chi connectivity index (χ2n) is 6.06. The third kappa shape index (κ3) is 4.31. The van der Waals surface area contributed by atoms with Crippen LogP contribution in [0.4, 0.5) is 0 Å². The number of amides is 1. The molecule has 0 unspecified atom stereocenters. The van der Waals surface area contributed by atoms with E-state index in [1.54, 1.807) is 47.0 Å². The van der Waals surface area contributed by atoms with Crippen LogP contribution in [0.3, 0.4) is 0 Å². The Morgan fingerprint density at radius 2 is 1.90 bits per heavy atom. The molecule has 2 aromatic heterocycles. The van der Waals surface area contributed by atoms with E-state index in [0.29, 0.717) is 39.5 Å². The summed E-state index contributed by atoms with van der Waals surface area (Å²) < 4.78 is 7.22. The molecule has 0 spiro atoms. The number of rotatable bonds is 6. The Morgan fingerprint density at radius 3 is 2.72 bits per heavy atom. The predicted octanol–water partition coefficient (Wildman–Crippen LogP) is 3.91. The van der Waals surface area contributed by atoms with Crippen molar-refractivity contribution in [2.75, 3.05) is 13.2 Å². The van der Waals surface area contributed by atoms with Crippen molar-refractivity contribution in [1.29, 1.82) is 0 Å². The number of halogens is 2. The van der Waals surface area contributed by atoms with Gasteiger partial charge in [-0.1, -0.05) is 41.4 Å². The Morgan fingerprint density at radius 1 is 1.03 bits per heavy atom. The molecule has 0 aliphatic carbocycles. The Hall–Kier alpha value is -3.16. The number of aromatic nitrogens is 4. The number of fused-ring (bicyclic) bond motifs is 1. The predicted molar refractivity (Wildman–Crippen MR) is 111 cm³/mol. The monoisotopic (exact) mass is 427 g/mol. The van der Waals surface area contributed by atoms with Crippen molar-refractivity contribution in [2.45, 2.75) is 0 Å². The quantitative estimate of drug-likeness (QED) is 0.471. The van der Waals surface area contributed by atoms with Gasteiger partial charge < -0.3 is 10.1 Å². The maximum atomic E-state index is 12.1. The van der Waals surface area contributed by atoms with Crippen LogP contribution in [-0.4, -0.2) is 38.9 Å². The minimum atomic E-state index is -0.223. The smallest absolute Gasteiger partial charge is 0.251 e. The summed E-state index contributed by atoms with van der Waals surface area (Å²) in [6.07, 6.45) is 0. The van der Waals surface area contributed by atoms with Crippen LogP contribution < -0.4 is 10.1 Å². The molecule has 0 bridgehead atoms. The van der Waals surface area contributed by atoms with E-state index < -0.39 is 0 Å². The van der Waals surface area contributed by atoms with Gasteiger partial charge in [0.1, 0.15) is 6.61 Å². The van der Waals surface area contributed by atoms with Crippen LogP contribution in [0.25, 0.3) is 17.0 Å². The van der Waals surface area contributed by atoms with Crippen molar-refractivity contribution in [3.05, 3.63) is 76.3 Å². The molecule has 0 radical (unpaired) electrons. The molecule has 29 heavy (non-hydrogen) atoms. The molecule has 2 heterocycles. The first-order valence-electron chi connectivity index (χ1n) is 8.76. The van der Waals surface area contributed by atoms with E-state index >= 15 is 0 Å². The van der Waals surface area contributed by atoms with Crippen LogP contribution in [0.2, 0.25) is 10.0 Å². The first-order chi connectivity index (χ1) is 14.1. The molecule has 0 saturated carbocycles. The minimum Gasteiger partial charge on any atom is -0.475 e. The highest BCUT2D eigenvalue weighted by Gasteiger charge is 2.13. The third-order valence-corrected chi connectivity index (χ3v) is 4.64. The van der Waals surface area contributed by atoms with Crippen molar-refractivity contribution >= 4 is 34.8 Å². The summed E-state index contributed by atoms with van der Waals surface area (Å²) in [4.78, 5) is 12.1. The zero-order chi connectivity index (χ0) is 20.2. The van der Waals surface area contributed by atoms with E-state index in [-0.39, 0.29) is 12.5 Å². The number of carbonyl (C=O) groups is 1. The van der Waals surface area contributed by atoms with Gasteiger partial charge in [-0.15, -0.1) is 15.3 Å². The Bertz CT molecular complexity index is 1180. The molecule has 7 nitrogen and oxygen atoms in total. The Kier molecular flexibility index (Phi) is 5.59. The highest BCUT2D eigenvalue weighted by atomic mass is 35.5. The number of nitrogens with one attached hydrogen (secondary N) is 1. The summed E-state index contributed by atoms with van der Waals surface area (Å²) >= 11 is 12.2. The SMILES string of the molecule is O=C(NCCOc1ccc2nnc(-c3ccccc3Cl)n2n1)c1cccc(Cl)c1. The lowest BCUT2D eigenvalue weighted by Gasteiger charge is -2.08. The fourth-order valence-corrected chi connectivity index (χ4v) is 3.12. The summed E-state index contributed by atoms with van der Waals surface area (Å²) in [6, 6.07) is 17.5. The molecule has 1 N–H and O–H groups in total. The third-order valence-electron chi connectivity index (χ3n) is 4.08. The van der Waals surface area contributed by atoms with E-state index in [9.17, 15) is 4.79 Å². The summed E-state index contributed by atoms with van der Waals surface area (Å²) in [5.41, 5.74) is 1.78.